The van der Waals surface area contributed by atoms with E-state index in [0.29, 0.717) is 12.3 Å². The molecule has 128 valence electrons. The summed E-state index contributed by atoms with van der Waals surface area (Å²) >= 11 is 1.60. The third kappa shape index (κ3) is 4.51. The maximum absolute atomic E-state index is 12.4. The van der Waals surface area contributed by atoms with E-state index in [1.54, 1.807) is 11.8 Å². The van der Waals surface area contributed by atoms with Gasteiger partial charge in [-0.25, -0.2) is 4.98 Å². The predicted molar refractivity (Wildman–Crippen MR) is 104 cm³/mol. The molecule has 1 aromatic heterocycles. The Morgan fingerprint density at radius 3 is 2.84 bits per heavy atom. The van der Waals surface area contributed by atoms with Crippen molar-refractivity contribution in [3.63, 3.8) is 0 Å². The molecule has 25 heavy (non-hydrogen) atoms. The van der Waals surface area contributed by atoms with Gasteiger partial charge in [-0.2, -0.15) is 0 Å². The minimum Gasteiger partial charge on any atom is -0.352 e. The smallest absolute Gasteiger partial charge is 0.251 e. The number of rotatable bonds is 7. The second-order valence-corrected chi connectivity index (χ2v) is 6.58. The van der Waals surface area contributed by atoms with Gasteiger partial charge in [0.1, 0.15) is 0 Å². The Labute approximate surface area is 151 Å². The number of thioether (sulfide) groups is 1. The molecule has 4 nitrogen and oxygen atoms in total. The van der Waals surface area contributed by atoms with Gasteiger partial charge < -0.3 is 10.3 Å². The summed E-state index contributed by atoms with van der Waals surface area (Å²) in [6.07, 6.45) is 4.88. The summed E-state index contributed by atoms with van der Waals surface area (Å²) in [5.41, 5.74) is 3.73. The summed E-state index contributed by atoms with van der Waals surface area (Å²) in [6, 6.07) is 15.7. The number of amides is 1. The molecule has 3 aromatic rings. The number of carbonyl (C=O) groups is 1. The monoisotopic (exact) mass is 351 g/mol. The lowest BCUT2D eigenvalue weighted by Crippen LogP contribution is -2.25. The average molecular weight is 351 g/mol. The van der Waals surface area contributed by atoms with Crippen LogP contribution in [0, 0.1) is 0 Å². The number of allylic oxidation sites excluding steroid dienone is 1. The lowest BCUT2D eigenvalue weighted by molar-refractivity contribution is 0.0953. The molecule has 0 aliphatic heterocycles. The lowest BCUT2D eigenvalue weighted by atomic mass is 10.1. The number of aromatic amines is 1. The minimum absolute atomic E-state index is 0.0229. The predicted octanol–water partition coefficient (Wildman–Crippen LogP) is 4.55. The molecule has 1 amide bonds. The van der Waals surface area contributed by atoms with Crippen molar-refractivity contribution < 1.29 is 4.79 Å². The van der Waals surface area contributed by atoms with Gasteiger partial charge >= 0.3 is 0 Å². The van der Waals surface area contributed by atoms with Crippen molar-refractivity contribution in [1.29, 1.82) is 0 Å². The number of hydrogen-bond acceptors (Lipinski definition) is 3. The molecule has 0 atom stereocenters. The standard InChI is InChI=1S/C20H21N3OS/c1-2-3-8-13-21-19(24)16-10-5-4-9-15(16)14-25-20-22-17-11-6-7-12-18(17)23-20/h2-7,9-12H,8,13-14H2,1H3,(H,21,24)(H,22,23)/b3-2+. The van der Waals surface area contributed by atoms with E-state index in [1.807, 2.05) is 67.6 Å². The van der Waals surface area contributed by atoms with Gasteiger partial charge in [-0.05, 0) is 37.1 Å². The minimum atomic E-state index is -0.0229. The van der Waals surface area contributed by atoms with Crippen LogP contribution in [0.4, 0.5) is 0 Å². The first kappa shape index (κ1) is 17.3. The molecule has 0 saturated carbocycles. The third-order valence-electron chi connectivity index (χ3n) is 3.83. The van der Waals surface area contributed by atoms with Crippen LogP contribution in [0.5, 0.6) is 0 Å². The molecule has 0 aliphatic carbocycles. The van der Waals surface area contributed by atoms with Crippen molar-refractivity contribution in [3.05, 3.63) is 71.8 Å². The first-order valence-corrected chi connectivity index (χ1v) is 9.31. The lowest BCUT2D eigenvalue weighted by Gasteiger charge is -2.09. The summed E-state index contributed by atoms with van der Waals surface area (Å²) in [5.74, 6) is 0.670. The highest BCUT2D eigenvalue weighted by Gasteiger charge is 2.11. The van der Waals surface area contributed by atoms with Crippen molar-refractivity contribution in [2.45, 2.75) is 24.3 Å². The molecule has 0 unspecified atom stereocenters. The van der Waals surface area contributed by atoms with Gasteiger partial charge in [-0.1, -0.05) is 54.2 Å². The van der Waals surface area contributed by atoms with Gasteiger partial charge in [0.05, 0.1) is 11.0 Å². The summed E-state index contributed by atoms with van der Waals surface area (Å²) < 4.78 is 0. The van der Waals surface area contributed by atoms with Crippen LogP contribution in [0.15, 0.2) is 65.8 Å². The number of imidazole rings is 1. The number of aromatic nitrogens is 2. The van der Waals surface area contributed by atoms with E-state index >= 15 is 0 Å². The number of H-pyrrole nitrogens is 1. The van der Waals surface area contributed by atoms with E-state index in [2.05, 4.69) is 15.3 Å². The number of benzene rings is 2. The van der Waals surface area contributed by atoms with Crippen molar-refractivity contribution >= 4 is 28.7 Å². The summed E-state index contributed by atoms with van der Waals surface area (Å²) in [6.45, 7) is 2.63. The number of nitrogens with zero attached hydrogens (tertiary/aromatic N) is 1. The average Bonchev–Trinajstić information content (AvgIpc) is 3.06. The largest absolute Gasteiger partial charge is 0.352 e. The van der Waals surface area contributed by atoms with E-state index in [9.17, 15) is 4.79 Å². The zero-order chi connectivity index (χ0) is 17.5. The van der Waals surface area contributed by atoms with Crippen LogP contribution < -0.4 is 5.32 Å². The first-order chi connectivity index (χ1) is 12.3. The third-order valence-corrected chi connectivity index (χ3v) is 4.75. The second-order valence-electron chi connectivity index (χ2n) is 5.62. The van der Waals surface area contributed by atoms with Crippen molar-refractivity contribution in [3.8, 4) is 0 Å². The van der Waals surface area contributed by atoms with Crippen molar-refractivity contribution in [2.75, 3.05) is 6.54 Å². The van der Waals surface area contributed by atoms with Gasteiger partial charge in [-0.15, -0.1) is 0 Å². The van der Waals surface area contributed by atoms with Gasteiger partial charge in [0.15, 0.2) is 5.16 Å². The maximum Gasteiger partial charge on any atom is 0.251 e. The van der Waals surface area contributed by atoms with Crippen LogP contribution in [-0.4, -0.2) is 22.4 Å². The van der Waals surface area contributed by atoms with E-state index < -0.39 is 0 Å². The summed E-state index contributed by atoms with van der Waals surface area (Å²) in [4.78, 5) is 20.3. The SMILES string of the molecule is C/C=C/CCNC(=O)c1ccccc1CSc1nc2ccccc2[nH]1. The molecule has 5 heteroatoms. The fraction of sp³-hybridized carbons (Fsp3) is 0.200. The highest BCUT2D eigenvalue weighted by molar-refractivity contribution is 7.98. The zero-order valence-corrected chi connectivity index (χ0v) is 15.0. The maximum atomic E-state index is 12.4. The van der Waals surface area contributed by atoms with Crippen molar-refractivity contribution in [2.24, 2.45) is 0 Å². The van der Waals surface area contributed by atoms with Gasteiger partial charge in [0.25, 0.3) is 5.91 Å². The molecule has 1 heterocycles. The molecule has 0 saturated heterocycles. The summed E-state index contributed by atoms with van der Waals surface area (Å²) in [5, 5.41) is 3.84. The molecule has 0 aliphatic rings. The zero-order valence-electron chi connectivity index (χ0n) is 14.2. The van der Waals surface area contributed by atoms with Crippen LogP contribution in [0.2, 0.25) is 0 Å². The van der Waals surface area contributed by atoms with E-state index in [-0.39, 0.29) is 5.91 Å². The first-order valence-electron chi connectivity index (χ1n) is 8.32. The van der Waals surface area contributed by atoms with Gasteiger partial charge in [-0.3, -0.25) is 4.79 Å². The number of fused-ring (bicyclic) bond motifs is 1. The Balaban J connectivity index is 1.67. The molecule has 2 aromatic carbocycles. The molecule has 2 N–H and O–H groups in total. The second kappa shape index (κ2) is 8.53. The number of carbonyl (C=O) groups excluding carboxylic acids is 1. The molecule has 0 radical (unpaired) electrons. The highest BCUT2D eigenvalue weighted by atomic mass is 32.2. The fourth-order valence-corrected chi connectivity index (χ4v) is 3.43. The van der Waals surface area contributed by atoms with Crippen LogP contribution in [0.25, 0.3) is 11.0 Å². The summed E-state index contributed by atoms with van der Waals surface area (Å²) in [7, 11) is 0. The Morgan fingerprint density at radius 2 is 2.00 bits per heavy atom. The van der Waals surface area contributed by atoms with Gasteiger partial charge in [0.2, 0.25) is 0 Å². The fourth-order valence-electron chi connectivity index (χ4n) is 2.54. The van der Waals surface area contributed by atoms with Crippen LogP contribution in [0.3, 0.4) is 0 Å². The van der Waals surface area contributed by atoms with Gasteiger partial charge in [0, 0.05) is 17.9 Å². The number of nitrogens with one attached hydrogen (secondary N) is 2. The Morgan fingerprint density at radius 1 is 1.20 bits per heavy atom. The molecular weight excluding hydrogens is 330 g/mol. The normalized spacial score (nSPS) is 11.2. The Bertz CT molecular complexity index is 852. The highest BCUT2D eigenvalue weighted by Crippen LogP contribution is 2.24. The van der Waals surface area contributed by atoms with Crippen LogP contribution in [-0.2, 0) is 5.75 Å². The quantitative estimate of drug-likeness (QED) is 0.373. The van der Waals surface area contributed by atoms with Crippen LogP contribution in [0.1, 0.15) is 29.3 Å². The van der Waals surface area contributed by atoms with Crippen LogP contribution >= 0.6 is 11.8 Å². The molecule has 0 bridgehead atoms. The Hall–Kier alpha value is -2.53. The molecule has 0 spiro atoms. The van der Waals surface area contributed by atoms with Crippen molar-refractivity contribution in [1.82, 2.24) is 15.3 Å². The molecular formula is C20H21N3OS. The molecule has 3 rings (SSSR count). The van der Waals surface area contributed by atoms with E-state index in [1.165, 1.54) is 0 Å². The van der Waals surface area contributed by atoms with E-state index in [0.717, 1.165) is 33.7 Å². The van der Waals surface area contributed by atoms with E-state index in [4.69, 9.17) is 0 Å². The number of hydrogen-bond donors (Lipinski definition) is 2. The number of para-hydroxylation sites is 2. The topological polar surface area (TPSA) is 57.8 Å². The molecule has 0 fully saturated rings. The Kier molecular flexibility index (Phi) is 5.90.